The fraction of sp³-hybridized carbons (Fsp3) is 0.905. The van der Waals surface area contributed by atoms with Gasteiger partial charge in [-0.15, -0.1) is 0 Å². The summed E-state index contributed by atoms with van der Waals surface area (Å²) in [6.07, 6.45) is 21.2. The SMILES string of the molecule is CCCCCCC/C=C/CCCCCCCCC1OCC(COP(=O)([O-])O)O1.[K+]. The number of rotatable bonds is 18. The van der Waals surface area contributed by atoms with E-state index in [0.29, 0.717) is 6.61 Å². The van der Waals surface area contributed by atoms with Crippen molar-refractivity contribution in [3.63, 3.8) is 0 Å². The van der Waals surface area contributed by atoms with E-state index in [1.54, 1.807) is 0 Å². The molecule has 6 nitrogen and oxygen atoms in total. The van der Waals surface area contributed by atoms with Crippen LogP contribution < -0.4 is 56.3 Å². The molecule has 1 aliphatic rings. The van der Waals surface area contributed by atoms with Crippen LogP contribution in [0.25, 0.3) is 0 Å². The summed E-state index contributed by atoms with van der Waals surface area (Å²) in [7, 11) is -4.68. The number of hydrogen-bond acceptors (Lipinski definition) is 5. The number of phosphoric acid groups is 1. The summed E-state index contributed by atoms with van der Waals surface area (Å²) in [6.45, 7) is 2.36. The van der Waals surface area contributed by atoms with Crippen LogP contribution in [0.5, 0.6) is 0 Å². The van der Waals surface area contributed by atoms with E-state index in [9.17, 15) is 9.46 Å². The topological polar surface area (TPSA) is 88.1 Å². The third-order valence-electron chi connectivity index (χ3n) is 4.94. The smallest absolute Gasteiger partial charge is 0.756 e. The summed E-state index contributed by atoms with van der Waals surface area (Å²) in [6, 6.07) is 0. The summed E-state index contributed by atoms with van der Waals surface area (Å²) in [4.78, 5) is 19.1. The molecule has 3 atom stereocenters. The largest absolute Gasteiger partial charge is 1.00 e. The molecule has 3 unspecified atom stereocenters. The van der Waals surface area contributed by atoms with E-state index in [1.807, 2.05) is 0 Å². The van der Waals surface area contributed by atoms with Gasteiger partial charge in [-0.3, -0.25) is 4.57 Å². The summed E-state index contributed by atoms with van der Waals surface area (Å²) in [5, 5.41) is 0. The van der Waals surface area contributed by atoms with Crippen molar-refractivity contribution in [1.29, 1.82) is 0 Å². The van der Waals surface area contributed by atoms with Crippen LogP contribution in [0.4, 0.5) is 0 Å². The minimum Gasteiger partial charge on any atom is -0.756 e. The molecule has 1 saturated heterocycles. The zero-order valence-corrected chi connectivity index (χ0v) is 22.6. The molecule has 0 aromatic carbocycles. The number of ether oxygens (including phenoxy) is 2. The van der Waals surface area contributed by atoms with Crippen molar-refractivity contribution < 1.29 is 79.7 Å². The van der Waals surface area contributed by atoms with Gasteiger partial charge in [0.1, 0.15) is 6.10 Å². The first-order valence-corrected chi connectivity index (χ1v) is 12.6. The second-order valence-corrected chi connectivity index (χ2v) is 8.85. The van der Waals surface area contributed by atoms with Gasteiger partial charge in [0.25, 0.3) is 7.82 Å². The van der Waals surface area contributed by atoms with E-state index >= 15 is 0 Å². The molecule has 1 aliphatic heterocycles. The maximum Gasteiger partial charge on any atom is 1.00 e. The van der Waals surface area contributed by atoms with Gasteiger partial charge >= 0.3 is 51.4 Å². The van der Waals surface area contributed by atoms with Gasteiger partial charge in [-0.1, -0.05) is 70.4 Å². The first-order chi connectivity index (χ1) is 13.5. The third-order valence-corrected chi connectivity index (χ3v) is 5.41. The Morgan fingerprint density at radius 2 is 1.55 bits per heavy atom. The van der Waals surface area contributed by atoms with E-state index in [2.05, 4.69) is 23.6 Å². The van der Waals surface area contributed by atoms with Gasteiger partial charge in [-0.25, -0.2) is 0 Å². The van der Waals surface area contributed by atoms with E-state index < -0.39 is 13.9 Å². The molecule has 0 bridgehead atoms. The molecule has 8 heteroatoms. The zero-order valence-electron chi connectivity index (χ0n) is 18.6. The van der Waals surface area contributed by atoms with Gasteiger partial charge in [0.2, 0.25) is 0 Å². The Morgan fingerprint density at radius 1 is 1.00 bits per heavy atom. The molecule has 0 amide bonds. The Labute approximate surface area is 220 Å². The van der Waals surface area contributed by atoms with E-state index in [0.717, 1.165) is 19.3 Å². The molecule has 0 aromatic heterocycles. The summed E-state index contributed by atoms with van der Waals surface area (Å²) < 4.78 is 25.9. The van der Waals surface area contributed by atoms with E-state index in [-0.39, 0.29) is 64.3 Å². The molecule has 0 aliphatic carbocycles. The second-order valence-electron chi connectivity index (χ2n) is 7.66. The van der Waals surface area contributed by atoms with Crippen LogP contribution in [0.1, 0.15) is 96.8 Å². The Balaban J connectivity index is 0.00000784. The van der Waals surface area contributed by atoms with Gasteiger partial charge < -0.3 is 23.8 Å². The fourth-order valence-electron chi connectivity index (χ4n) is 3.31. The van der Waals surface area contributed by atoms with Crippen LogP contribution >= 0.6 is 7.82 Å². The molecule has 0 radical (unpaired) electrons. The monoisotopic (exact) mass is 458 g/mol. The van der Waals surface area contributed by atoms with Crippen LogP contribution in [-0.4, -0.2) is 30.5 Å². The Hall–Kier alpha value is 1.41. The van der Waals surface area contributed by atoms with Crippen LogP contribution in [0.2, 0.25) is 0 Å². The zero-order chi connectivity index (χ0) is 20.5. The van der Waals surface area contributed by atoms with E-state index in [4.69, 9.17) is 14.4 Å². The number of phosphoric ester groups is 1. The van der Waals surface area contributed by atoms with E-state index in [1.165, 1.54) is 70.6 Å². The van der Waals surface area contributed by atoms with Crippen molar-refractivity contribution in [3.05, 3.63) is 12.2 Å². The van der Waals surface area contributed by atoms with Crippen LogP contribution in [0, 0.1) is 0 Å². The molecule has 0 saturated carbocycles. The minimum atomic E-state index is -4.68. The Bertz CT molecular complexity index is 443. The molecule has 0 spiro atoms. The average molecular weight is 459 g/mol. The molecule has 1 N–H and O–H groups in total. The predicted molar refractivity (Wildman–Crippen MR) is 110 cm³/mol. The van der Waals surface area contributed by atoms with Gasteiger partial charge in [0.15, 0.2) is 6.29 Å². The second kappa shape index (κ2) is 20.0. The average Bonchev–Trinajstić information content (AvgIpc) is 3.10. The Morgan fingerprint density at radius 3 is 2.14 bits per heavy atom. The van der Waals surface area contributed by atoms with Gasteiger partial charge in [-0.05, 0) is 38.5 Å². The van der Waals surface area contributed by atoms with Crippen molar-refractivity contribution in [3.8, 4) is 0 Å². The van der Waals surface area contributed by atoms with Crippen LogP contribution in [0.3, 0.4) is 0 Å². The van der Waals surface area contributed by atoms with Crippen molar-refractivity contribution in [2.24, 2.45) is 0 Å². The minimum absolute atomic E-state index is 0. The van der Waals surface area contributed by atoms with Crippen molar-refractivity contribution in [2.45, 2.75) is 109 Å². The summed E-state index contributed by atoms with van der Waals surface area (Å²) in [5.41, 5.74) is 0. The Kier molecular flexibility index (Phi) is 21.0. The molecule has 1 rings (SSSR count). The predicted octanol–water partition coefficient (Wildman–Crippen LogP) is 2.25. The van der Waals surface area contributed by atoms with Gasteiger partial charge in [0, 0.05) is 0 Å². The maximum atomic E-state index is 10.6. The number of allylic oxidation sites excluding steroid dienone is 2. The molecule has 166 valence electrons. The third kappa shape index (κ3) is 19.8. The molecular formula is C21H40KO6P. The quantitative estimate of drug-likeness (QED) is 0.147. The standard InChI is InChI=1S/C21H41O6P.K/c1-2-3-4-5-6-7-8-9-10-11-12-13-14-15-16-17-21-25-18-20(27-21)19-26-28(22,23)24;/h8-9,20-21H,2-7,10-19H2,1H3,(H2,22,23,24);/q;+1/p-1/b9-8+;. The molecule has 1 fully saturated rings. The number of hydrogen-bond donors (Lipinski definition) is 1. The molecule has 0 aromatic rings. The molecule has 29 heavy (non-hydrogen) atoms. The molecule has 1 heterocycles. The molecular weight excluding hydrogens is 418 g/mol. The first kappa shape index (κ1) is 30.4. The van der Waals surface area contributed by atoms with Crippen LogP contribution in [0.15, 0.2) is 12.2 Å². The van der Waals surface area contributed by atoms with Gasteiger partial charge in [0.05, 0.1) is 13.2 Å². The maximum absolute atomic E-state index is 10.6. The summed E-state index contributed by atoms with van der Waals surface area (Å²) in [5.74, 6) is 0. The van der Waals surface area contributed by atoms with Crippen LogP contribution in [-0.2, 0) is 18.6 Å². The van der Waals surface area contributed by atoms with Gasteiger partial charge in [-0.2, -0.15) is 0 Å². The van der Waals surface area contributed by atoms with Crippen molar-refractivity contribution in [2.75, 3.05) is 13.2 Å². The number of unbranched alkanes of at least 4 members (excludes halogenated alkanes) is 11. The van der Waals surface area contributed by atoms with Crippen molar-refractivity contribution >= 4 is 7.82 Å². The fourth-order valence-corrected chi connectivity index (χ4v) is 3.66. The van der Waals surface area contributed by atoms with Crippen molar-refractivity contribution in [1.82, 2.24) is 0 Å². The first-order valence-electron chi connectivity index (χ1n) is 11.1. The normalized spacial score (nSPS) is 21.3. The summed E-state index contributed by atoms with van der Waals surface area (Å²) >= 11 is 0.